The van der Waals surface area contributed by atoms with Crippen molar-refractivity contribution in [3.63, 3.8) is 0 Å². The van der Waals surface area contributed by atoms with Crippen LogP contribution in [0.25, 0.3) is 11.0 Å². The third-order valence-electron chi connectivity index (χ3n) is 3.49. The number of para-hydroxylation sites is 2. The highest BCUT2D eigenvalue weighted by molar-refractivity contribution is 5.87. The number of fused-ring (bicyclic) bond motifs is 1. The normalized spacial score (nSPS) is 10.9. The van der Waals surface area contributed by atoms with Gasteiger partial charge in [0.15, 0.2) is 5.69 Å². The highest BCUT2D eigenvalue weighted by Crippen LogP contribution is 2.19. The molecule has 3 aromatic rings. The number of carboxylic acids is 1. The molecule has 0 aliphatic rings. The zero-order valence-corrected chi connectivity index (χ0v) is 11.7. The third-order valence-corrected chi connectivity index (χ3v) is 3.49. The van der Waals surface area contributed by atoms with Gasteiger partial charge in [0.2, 0.25) is 0 Å². The van der Waals surface area contributed by atoms with Crippen LogP contribution in [0.1, 0.15) is 28.8 Å². The Hall–Kier alpha value is -2.69. The number of hydrogen-bond acceptors (Lipinski definition) is 3. The smallest absolute Gasteiger partial charge is 0.354 e. The van der Waals surface area contributed by atoms with Crippen LogP contribution < -0.4 is 0 Å². The van der Waals surface area contributed by atoms with Crippen molar-refractivity contribution in [2.45, 2.75) is 19.9 Å². The van der Waals surface area contributed by atoms with Crippen LogP contribution in [0.2, 0.25) is 0 Å². The average Bonchev–Trinajstić information content (AvgIpc) is 2.84. The second-order valence-electron chi connectivity index (χ2n) is 4.75. The van der Waals surface area contributed by atoms with E-state index in [1.165, 1.54) is 6.20 Å². The van der Waals surface area contributed by atoms with E-state index in [2.05, 4.69) is 21.5 Å². The van der Waals surface area contributed by atoms with Crippen LogP contribution in [0, 0.1) is 0 Å². The van der Waals surface area contributed by atoms with Gasteiger partial charge in [-0.05, 0) is 30.7 Å². The lowest BCUT2D eigenvalue weighted by Gasteiger charge is -2.07. The van der Waals surface area contributed by atoms with Crippen LogP contribution in [0.5, 0.6) is 0 Å². The zero-order valence-electron chi connectivity index (χ0n) is 11.7. The first-order valence-corrected chi connectivity index (χ1v) is 6.82. The summed E-state index contributed by atoms with van der Waals surface area (Å²) < 4.78 is 2.11. The number of benzene rings is 1. The van der Waals surface area contributed by atoms with Crippen molar-refractivity contribution >= 4 is 17.0 Å². The first-order valence-electron chi connectivity index (χ1n) is 6.82. The van der Waals surface area contributed by atoms with E-state index in [0.717, 1.165) is 23.4 Å². The number of carbonyl (C=O) groups is 1. The molecule has 0 bridgehead atoms. The van der Waals surface area contributed by atoms with Crippen LogP contribution in [0.4, 0.5) is 0 Å². The molecule has 2 aromatic heterocycles. The van der Waals surface area contributed by atoms with Gasteiger partial charge < -0.3 is 9.67 Å². The summed E-state index contributed by atoms with van der Waals surface area (Å²) in [5.41, 5.74) is 2.76. The van der Waals surface area contributed by atoms with Crippen molar-refractivity contribution in [2.24, 2.45) is 0 Å². The summed E-state index contributed by atoms with van der Waals surface area (Å²) in [7, 11) is 0. The first-order chi connectivity index (χ1) is 10.2. The number of nitrogens with zero attached hydrogens (tertiary/aromatic N) is 3. The summed E-state index contributed by atoms with van der Waals surface area (Å²) in [4.78, 5) is 19.8. The lowest BCUT2D eigenvalue weighted by molar-refractivity contribution is 0.0689. The number of carboxylic acid groups (broad SMARTS) is 1. The maximum absolute atomic E-state index is 11.2. The number of rotatable bonds is 4. The number of aromatic carboxylic acids is 1. The molecule has 5 nitrogen and oxygen atoms in total. The molecule has 1 aromatic carbocycles. The van der Waals surface area contributed by atoms with Crippen LogP contribution in [0.15, 0.2) is 42.6 Å². The molecule has 0 unspecified atom stereocenters. The van der Waals surface area contributed by atoms with Crippen molar-refractivity contribution in [3.05, 3.63) is 59.7 Å². The maximum Gasteiger partial charge on any atom is 0.354 e. The second kappa shape index (κ2) is 5.36. The third kappa shape index (κ3) is 2.38. The van der Waals surface area contributed by atoms with Gasteiger partial charge in [-0.25, -0.2) is 14.8 Å². The summed E-state index contributed by atoms with van der Waals surface area (Å²) in [6, 6.07) is 11.5. The largest absolute Gasteiger partial charge is 0.477 e. The molecular weight excluding hydrogens is 266 g/mol. The van der Waals surface area contributed by atoms with Crippen LogP contribution in [-0.2, 0) is 13.0 Å². The predicted molar refractivity (Wildman–Crippen MR) is 79.4 cm³/mol. The first kappa shape index (κ1) is 13.3. The molecule has 5 heteroatoms. The number of aromatic nitrogens is 3. The molecular formula is C16H15N3O2. The van der Waals surface area contributed by atoms with Gasteiger partial charge in [-0.15, -0.1) is 0 Å². The van der Waals surface area contributed by atoms with Gasteiger partial charge in [0.25, 0.3) is 0 Å². The van der Waals surface area contributed by atoms with E-state index >= 15 is 0 Å². The van der Waals surface area contributed by atoms with Crippen LogP contribution in [0.3, 0.4) is 0 Å². The van der Waals surface area contributed by atoms with Gasteiger partial charge in [-0.1, -0.05) is 18.2 Å². The van der Waals surface area contributed by atoms with E-state index in [1.54, 1.807) is 12.1 Å². The van der Waals surface area contributed by atoms with E-state index in [1.807, 2.05) is 24.3 Å². The Morgan fingerprint density at radius 1 is 1.24 bits per heavy atom. The Morgan fingerprint density at radius 3 is 2.81 bits per heavy atom. The minimum atomic E-state index is -1.01. The molecule has 2 heterocycles. The number of pyridine rings is 1. The molecule has 0 saturated carbocycles. The molecule has 0 atom stereocenters. The summed E-state index contributed by atoms with van der Waals surface area (Å²) >= 11 is 0. The number of imidazole rings is 1. The minimum absolute atomic E-state index is 0.0900. The lowest BCUT2D eigenvalue weighted by atomic mass is 10.1. The molecule has 0 aliphatic carbocycles. The Morgan fingerprint density at radius 2 is 2.05 bits per heavy atom. The quantitative estimate of drug-likeness (QED) is 0.798. The molecule has 0 saturated heterocycles. The Labute approximate surface area is 121 Å². The molecule has 21 heavy (non-hydrogen) atoms. The molecule has 0 aliphatic heterocycles. The Kier molecular flexibility index (Phi) is 3.39. The SMILES string of the molecule is CCn1c(Cc2cccnc2C(=O)O)nc2ccccc21. The summed E-state index contributed by atoms with van der Waals surface area (Å²) in [5, 5.41) is 9.22. The summed E-state index contributed by atoms with van der Waals surface area (Å²) in [6.07, 6.45) is 1.95. The van der Waals surface area contributed by atoms with Crippen molar-refractivity contribution < 1.29 is 9.90 Å². The van der Waals surface area contributed by atoms with Crippen LogP contribution >= 0.6 is 0 Å². The van der Waals surface area contributed by atoms with Crippen LogP contribution in [-0.4, -0.2) is 25.6 Å². The van der Waals surface area contributed by atoms with E-state index < -0.39 is 5.97 Å². The molecule has 1 N–H and O–H groups in total. The minimum Gasteiger partial charge on any atom is -0.477 e. The topological polar surface area (TPSA) is 68.0 Å². The van der Waals surface area contributed by atoms with Gasteiger partial charge in [0, 0.05) is 19.2 Å². The fraction of sp³-hybridized carbons (Fsp3) is 0.188. The highest BCUT2D eigenvalue weighted by atomic mass is 16.4. The van der Waals surface area contributed by atoms with Gasteiger partial charge in [0.1, 0.15) is 5.82 Å². The maximum atomic E-state index is 11.2. The Balaban J connectivity index is 2.08. The van der Waals surface area contributed by atoms with E-state index in [9.17, 15) is 9.90 Å². The number of hydrogen-bond donors (Lipinski definition) is 1. The fourth-order valence-corrected chi connectivity index (χ4v) is 2.56. The van der Waals surface area contributed by atoms with E-state index in [0.29, 0.717) is 12.0 Å². The molecule has 0 radical (unpaired) electrons. The van der Waals surface area contributed by atoms with Gasteiger partial charge in [0.05, 0.1) is 11.0 Å². The standard InChI is InChI=1S/C16H15N3O2/c1-2-19-13-8-4-3-7-12(13)18-14(19)10-11-6-5-9-17-15(11)16(20)21/h3-9H,2,10H2,1H3,(H,20,21). The molecule has 0 spiro atoms. The molecule has 0 fully saturated rings. The van der Waals surface area contributed by atoms with Gasteiger partial charge >= 0.3 is 5.97 Å². The van der Waals surface area contributed by atoms with Crippen molar-refractivity contribution in [1.82, 2.24) is 14.5 Å². The predicted octanol–water partition coefficient (Wildman–Crippen LogP) is 2.74. The van der Waals surface area contributed by atoms with Crippen molar-refractivity contribution in [2.75, 3.05) is 0 Å². The lowest BCUT2D eigenvalue weighted by Crippen LogP contribution is -2.09. The second-order valence-corrected chi connectivity index (χ2v) is 4.75. The summed E-state index contributed by atoms with van der Waals surface area (Å²) in [5.74, 6) is -0.154. The van der Waals surface area contributed by atoms with Gasteiger partial charge in [-0.2, -0.15) is 0 Å². The van der Waals surface area contributed by atoms with Crippen molar-refractivity contribution in [3.8, 4) is 0 Å². The van der Waals surface area contributed by atoms with Crippen molar-refractivity contribution in [1.29, 1.82) is 0 Å². The Bertz CT molecular complexity index is 808. The average molecular weight is 281 g/mol. The number of aryl methyl sites for hydroxylation is 1. The monoisotopic (exact) mass is 281 g/mol. The molecule has 106 valence electrons. The van der Waals surface area contributed by atoms with E-state index in [-0.39, 0.29) is 5.69 Å². The fourth-order valence-electron chi connectivity index (χ4n) is 2.56. The molecule has 0 amide bonds. The van der Waals surface area contributed by atoms with E-state index in [4.69, 9.17) is 0 Å². The van der Waals surface area contributed by atoms with Gasteiger partial charge in [-0.3, -0.25) is 0 Å². The molecule has 3 rings (SSSR count). The highest BCUT2D eigenvalue weighted by Gasteiger charge is 2.15. The zero-order chi connectivity index (χ0) is 14.8. The summed E-state index contributed by atoms with van der Waals surface area (Å²) in [6.45, 7) is 2.84.